The van der Waals surface area contributed by atoms with Crippen molar-refractivity contribution in [1.29, 1.82) is 10.5 Å². The highest BCUT2D eigenvalue weighted by atomic mass is 15.0. The van der Waals surface area contributed by atoms with Crippen LogP contribution in [0.4, 0.5) is 0 Å². The van der Waals surface area contributed by atoms with Gasteiger partial charge in [0.15, 0.2) is 0 Å². The monoisotopic (exact) mass is 621 g/mol. The summed E-state index contributed by atoms with van der Waals surface area (Å²) in [7, 11) is 0. The molecule has 0 aliphatic rings. The molecule has 0 N–H and O–H groups in total. The van der Waals surface area contributed by atoms with Crippen LogP contribution in [0.2, 0.25) is 0 Å². The van der Waals surface area contributed by atoms with E-state index in [1.165, 1.54) is 38.2 Å². The molecule has 9 rings (SSSR count). The number of nitrogens with zero attached hydrogens (tertiary/aromatic N) is 3. The Balaban J connectivity index is 1.27. The van der Waals surface area contributed by atoms with E-state index >= 15 is 0 Å². The molecule has 3 heteroatoms. The lowest BCUT2D eigenvalue weighted by atomic mass is 9.85. The number of hydrogen-bond acceptors (Lipinski definition) is 2. The summed E-state index contributed by atoms with van der Waals surface area (Å²) in [5.41, 5.74) is 10.8. The van der Waals surface area contributed by atoms with Gasteiger partial charge in [0.05, 0.1) is 40.0 Å². The van der Waals surface area contributed by atoms with Crippen molar-refractivity contribution in [2.45, 2.75) is 0 Å². The molecule has 0 saturated heterocycles. The Hall–Kier alpha value is -6.94. The molecule has 1 aromatic heterocycles. The molecule has 3 nitrogen and oxygen atoms in total. The van der Waals surface area contributed by atoms with E-state index in [1.807, 2.05) is 42.5 Å². The van der Waals surface area contributed by atoms with E-state index in [9.17, 15) is 10.5 Å². The number of nitriles is 2. The third-order valence-corrected chi connectivity index (χ3v) is 9.66. The van der Waals surface area contributed by atoms with Gasteiger partial charge in [0, 0.05) is 16.3 Å². The van der Waals surface area contributed by atoms with Gasteiger partial charge in [0.1, 0.15) is 0 Å². The van der Waals surface area contributed by atoms with Crippen LogP contribution in [0.1, 0.15) is 11.1 Å². The third-order valence-electron chi connectivity index (χ3n) is 9.66. The number of aromatic nitrogens is 1. The molecule has 9 aromatic rings. The molecule has 49 heavy (non-hydrogen) atoms. The summed E-state index contributed by atoms with van der Waals surface area (Å²) >= 11 is 0. The lowest BCUT2D eigenvalue weighted by Crippen LogP contribution is -1.99. The Labute approximate surface area is 283 Å². The predicted octanol–water partition coefficient (Wildman–Crippen LogP) is 11.8. The van der Waals surface area contributed by atoms with E-state index in [2.05, 4.69) is 138 Å². The molecule has 8 aromatic carbocycles. The molecule has 0 aliphatic heterocycles. The second-order valence-electron chi connectivity index (χ2n) is 12.3. The number of hydrogen-bond donors (Lipinski definition) is 0. The summed E-state index contributed by atoms with van der Waals surface area (Å²) in [6.07, 6.45) is 0. The van der Waals surface area contributed by atoms with Gasteiger partial charge >= 0.3 is 0 Å². The zero-order valence-electron chi connectivity index (χ0n) is 26.4. The van der Waals surface area contributed by atoms with Gasteiger partial charge in [-0.3, -0.25) is 0 Å². The Morgan fingerprint density at radius 2 is 0.878 bits per heavy atom. The van der Waals surface area contributed by atoms with Crippen LogP contribution in [0.3, 0.4) is 0 Å². The SMILES string of the molecule is N#Cc1ccc2c(c1)c1ccccc1n2-c1cccc(C#N)c1-c1ccc(-c2c3ccccc3c(-c3ccccc3)c3ccccc23)cc1. The van der Waals surface area contributed by atoms with E-state index < -0.39 is 0 Å². The fourth-order valence-electron chi connectivity index (χ4n) is 7.58. The molecule has 0 amide bonds. The van der Waals surface area contributed by atoms with Gasteiger partial charge in [-0.15, -0.1) is 0 Å². The fraction of sp³-hybridized carbons (Fsp3) is 0. The maximum Gasteiger partial charge on any atom is 0.0998 e. The average molecular weight is 622 g/mol. The van der Waals surface area contributed by atoms with Crippen LogP contribution in [0, 0.1) is 22.7 Å². The Morgan fingerprint density at radius 1 is 0.367 bits per heavy atom. The standard InChI is InChI=1S/C46H27N3/c47-28-30-21-26-42-40(27-30)35-14-8-9-19-41(35)49(42)43-20-10-13-34(29-48)44(43)32-22-24-33(25-23-32)46-38-17-6-4-15-36(38)45(31-11-2-1-3-12-31)37-16-5-7-18-39(37)46/h1-27H. The summed E-state index contributed by atoms with van der Waals surface area (Å²) in [4.78, 5) is 0. The van der Waals surface area contributed by atoms with Gasteiger partial charge in [-0.2, -0.15) is 10.5 Å². The van der Waals surface area contributed by atoms with Crippen molar-refractivity contribution in [2.24, 2.45) is 0 Å². The van der Waals surface area contributed by atoms with Gasteiger partial charge in [-0.05, 0) is 85.8 Å². The fourth-order valence-corrected chi connectivity index (χ4v) is 7.58. The number of fused-ring (bicyclic) bond motifs is 5. The highest BCUT2D eigenvalue weighted by Gasteiger charge is 2.20. The molecule has 0 atom stereocenters. The number of para-hydroxylation sites is 1. The molecular formula is C46H27N3. The summed E-state index contributed by atoms with van der Waals surface area (Å²) in [6.45, 7) is 0. The second-order valence-corrected chi connectivity index (χ2v) is 12.3. The van der Waals surface area contributed by atoms with Gasteiger partial charge in [-0.1, -0.05) is 127 Å². The minimum Gasteiger partial charge on any atom is -0.309 e. The summed E-state index contributed by atoms with van der Waals surface area (Å²) in [5.74, 6) is 0. The molecule has 0 aliphatic carbocycles. The first-order valence-corrected chi connectivity index (χ1v) is 16.3. The van der Waals surface area contributed by atoms with Crippen molar-refractivity contribution >= 4 is 43.4 Å². The zero-order chi connectivity index (χ0) is 32.9. The van der Waals surface area contributed by atoms with Crippen molar-refractivity contribution < 1.29 is 0 Å². The van der Waals surface area contributed by atoms with E-state index in [-0.39, 0.29) is 0 Å². The highest BCUT2D eigenvalue weighted by molar-refractivity contribution is 6.21. The predicted molar refractivity (Wildman–Crippen MR) is 202 cm³/mol. The van der Waals surface area contributed by atoms with Crippen LogP contribution < -0.4 is 0 Å². The third kappa shape index (κ3) is 4.42. The quantitative estimate of drug-likeness (QED) is 0.184. The normalized spacial score (nSPS) is 11.2. The largest absolute Gasteiger partial charge is 0.309 e. The molecule has 0 fully saturated rings. The van der Waals surface area contributed by atoms with Crippen LogP contribution in [-0.4, -0.2) is 4.57 Å². The van der Waals surface area contributed by atoms with Gasteiger partial charge < -0.3 is 4.57 Å². The van der Waals surface area contributed by atoms with E-state index in [1.54, 1.807) is 0 Å². The molecule has 226 valence electrons. The highest BCUT2D eigenvalue weighted by Crippen LogP contribution is 2.44. The van der Waals surface area contributed by atoms with Crippen LogP contribution >= 0.6 is 0 Å². The lowest BCUT2D eigenvalue weighted by Gasteiger charge is -2.18. The Kier molecular flexibility index (Phi) is 6.58. The van der Waals surface area contributed by atoms with E-state index in [0.29, 0.717) is 11.1 Å². The molecule has 0 saturated carbocycles. The van der Waals surface area contributed by atoms with E-state index in [0.717, 1.165) is 44.2 Å². The summed E-state index contributed by atoms with van der Waals surface area (Å²) in [5, 5.41) is 27.0. The second kappa shape index (κ2) is 11.4. The molecule has 0 unspecified atom stereocenters. The molecule has 0 radical (unpaired) electrons. The molecule has 1 heterocycles. The summed E-state index contributed by atoms with van der Waals surface area (Å²) < 4.78 is 2.22. The first-order valence-electron chi connectivity index (χ1n) is 16.3. The van der Waals surface area contributed by atoms with Crippen molar-refractivity contribution in [1.82, 2.24) is 4.57 Å². The smallest absolute Gasteiger partial charge is 0.0998 e. The Bertz CT molecular complexity index is 2770. The van der Waals surface area contributed by atoms with Crippen LogP contribution in [0.15, 0.2) is 164 Å². The van der Waals surface area contributed by atoms with Crippen LogP contribution in [-0.2, 0) is 0 Å². The number of rotatable bonds is 4. The zero-order valence-corrected chi connectivity index (χ0v) is 26.4. The lowest BCUT2D eigenvalue weighted by molar-refractivity contribution is 1.18. The molecule has 0 bridgehead atoms. The van der Waals surface area contributed by atoms with Crippen molar-refractivity contribution in [3.05, 3.63) is 175 Å². The van der Waals surface area contributed by atoms with E-state index in [4.69, 9.17) is 0 Å². The summed E-state index contributed by atoms with van der Waals surface area (Å²) in [6, 6.07) is 61.4. The van der Waals surface area contributed by atoms with Crippen LogP contribution in [0.25, 0.3) is 82.4 Å². The maximum absolute atomic E-state index is 10.4. The molecule has 0 spiro atoms. The topological polar surface area (TPSA) is 52.5 Å². The first kappa shape index (κ1) is 28.3. The van der Waals surface area contributed by atoms with Crippen LogP contribution in [0.5, 0.6) is 0 Å². The van der Waals surface area contributed by atoms with Gasteiger partial charge in [0.2, 0.25) is 0 Å². The molecular weight excluding hydrogens is 595 g/mol. The van der Waals surface area contributed by atoms with Crippen molar-refractivity contribution in [2.75, 3.05) is 0 Å². The number of benzene rings is 8. The minimum absolute atomic E-state index is 0.605. The van der Waals surface area contributed by atoms with Crippen molar-refractivity contribution in [3.8, 4) is 51.2 Å². The Morgan fingerprint density at radius 3 is 1.47 bits per heavy atom. The average Bonchev–Trinajstić information content (AvgIpc) is 3.50. The van der Waals surface area contributed by atoms with Crippen molar-refractivity contribution in [3.63, 3.8) is 0 Å². The van der Waals surface area contributed by atoms with Gasteiger partial charge in [-0.25, -0.2) is 0 Å². The van der Waals surface area contributed by atoms with Gasteiger partial charge in [0.25, 0.3) is 0 Å². The first-order chi connectivity index (χ1) is 24.2. The minimum atomic E-state index is 0.605. The maximum atomic E-state index is 10.4.